The van der Waals surface area contributed by atoms with Gasteiger partial charge in [-0.3, -0.25) is 14.4 Å². The number of hydrogen-bond acceptors (Lipinski definition) is 4. The highest BCUT2D eigenvalue weighted by molar-refractivity contribution is 5.97. The van der Waals surface area contributed by atoms with Crippen LogP contribution >= 0.6 is 0 Å². The molecule has 2 rings (SSSR count). The molecule has 0 bridgehead atoms. The Kier molecular flexibility index (Phi) is 3.13. The van der Waals surface area contributed by atoms with Crippen LogP contribution in [0.2, 0.25) is 0 Å². The highest BCUT2D eigenvalue weighted by Gasteiger charge is 2.16. The zero-order chi connectivity index (χ0) is 10.7. The predicted octanol–water partition coefficient (Wildman–Crippen LogP) is -0.0650. The molecule has 0 atom stereocenters. The number of ether oxygens (including phenoxy) is 1. The molecule has 0 aliphatic carbocycles. The van der Waals surface area contributed by atoms with Gasteiger partial charge in [-0.1, -0.05) is 0 Å². The van der Waals surface area contributed by atoms with Crippen molar-refractivity contribution in [1.29, 1.82) is 0 Å². The van der Waals surface area contributed by atoms with Crippen molar-refractivity contribution in [2.75, 3.05) is 32.8 Å². The second kappa shape index (κ2) is 4.55. The number of morpholine rings is 1. The van der Waals surface area contributed by atoms with E-state index in [1.54, 1.807) is 17.1 Å². The second-order valence-corrected chi connectivity index (χ2v) is 3.71. The lowest BCUT2D eigenvalue weighted by atomic mass is 10.2. The number of rotatable bonds is 3. The standard InChI is InChI=1S/C10H15N3O2/c1-12-7-9(6-11-12)10(14)8-13-2-4-15-5-3-13/h6-7H,2-5,8H2,1H3. The number of carbonyl (C=O) groups excluding carboxylic acids is 1. The van der Waals surface area contributed by atoms with Gasteiger partial charge in [0.05, 0.1) is 31.5 Å². The molecule has 1 aromatic heterocycles. The minimum atomic E-state index is 0.130. The van der Waals surface area contributed by atoms with Crippen LogP contribution in [0.25, 0.3) is 0 Å². The lowest BCUT2D eigenvalue weighted by molar-refractivity contribution is 0.0371. The Morgan fingerprint density at radius 2 is 2.27 bits per heavy atom. The van der Waals surface area contributed by atoms with Crippen LogP contribution in [-0.2, 0) is 11.8 Å². The van der Waals surface area contributed by atoms with Crippen LogP contribution < -0.4 is 0 Å². The van der Waals surface area contributed by atoms with Gasteiger partial charge in [0.15, 0.2) is 5.78 Å². The summed E-state index contributed by atoms with van der Waals surface area (Å²) < 4.78 is 6.87. The highest BCUT2D eigenvalue weighted by Crippen LogP contribution is 2.02. The molecule has 1 aliphatic heterocycles. The SMILES string of the molecule is Cn1cc(C(=O)CN2CCOCC2)cn1. The fraction of sp³-hybridized carbons (Fsp3) is 0.600. The van der Waals surface area contributed by atoms with Gasteiger partial charge in [-0.05, 0) is 0 Å². The monoisotopic (exact) mass is 209 g/mol. The summed E-state index contributed by atoms with van der Waals surface area (Å²) in [6.45, 7) is 3.59. The van der Waals surface area contributed by atoms with E-state index in [1.807, 2.05) is 7.05 Å². The van der Waals surface area contributed by atoms with E-state index >= 15 is 0 Å². The van der Waals surface area contributed by atoms with Gasteiger partial charge >= 0.3 is 0 Å². The first-order valence-electron chi connectivity index (χ1n) is 5.07. The Morgan fingerprint density at radius 3 is 2.87 bits per heavy atom. The molecule has 5 heteroatoms. The third kappa shape index (κ3) is 2.64. The number of Topliss-reactive ketones (excluding diaryl/α,β-unsaturated/α-hetero) is 1. The molecule has 2 heterocycles. The molecule has 15 heavy (non-hydrogen) atoms. The Morgan fingerprint density at radius 1 is 1.53 bits per heavy atom. The van der Waals surface area contributed by atoms with E-state index < -0.39 is 0 Å². The number of ketones is 1. The summed E-state index contributed by atoms with van der Waals surface area (Å²) in [7, 11) is 1.81. The number of carbonyl (C=O) groups is 1. The first-order valence-corrected chi connectivity index (χ1v) is 5.07. The largest absolute Gasteiger partial charge is 0.379 e. The molecule has 82 valence electrons. The molecule has 0 amide bonds. The van der Waals surface area contributed by atoms with E-state index in [-0.39, 0.29) is 5.78 Å². The summed E-state index contributed by atoms with van der Waals surface area (Å²) in [4.78, 5) is 13.9. The Labute approximate surface area is 88.6 Å². The normalized spacial score (nSPS) is 17.9. The molecule has 0 aromatic carbocycles. The number of aryl methyl sites for hydroxylation is 1. The Balaban J connectivity index is 1.91. The van der Waals surface area contributed by atoms with Crippen LogP contribution in [0.3, 0.4) is 0 Å². The molecule has 0 unspecified atom stereocenters. The van der Waals surface area contributed by atoms with E-state index in [9.17, 15) is 4.79 Å². The maximum Gasteiger partial charge on any atom is 0.179 e. The van der Waals surface area contributed by atoms with Crippen LogP contribution in [0, 0.1) is 0 Å². The predicted molar refractivity (Wildman–Crippen MR) is 54.8 cm³/mol. The summed E-state index contributed by atoms with van der Waals surface area (Å²) in [5, 5.41) is 3.98. The third-order valence-electron chi connectivity index (χ3n) is 2.50. The van der Waals surface area contributed by atoms with Crippen molar-refractivity contribution in [3.8, 4) is 0 Å². The molecule has 1 fully saturated rings. The maximum absolute atomic E-state index is 11.8. The second-order valence-electron chi connectivity index (χ2n) is 3.71. The van der Waals surface area contributed by atoms with Crippen molar-refractivity contribution in [2.45, 2.75) is 0 Å². The maximum atomic E-state index is 11.8. The number of nitrogens with zero attached hydrogens (tertiary/aromatic N) is 3. The molecular weight excluding hydrogens is 194 g/mol. The molecule has 1 aromatic rings. The van der Waals surface area contributed by atoms with Crippen LogP contribution in [0.15, 0.2) is 12.4 Å². The van der Waals surface area contributed by atoms with Crippen LogP contribution in [0.4, 0.5) is 0 Å². The van der Waals surface area contributed by atoms with Gasteiger partial charge in [0, 0.05) is 26.3 Å². The van der Waals surface area contributed by atoms with E-state index in [0.717, 1.165) is 26.3 Å². The minimum absolute atomic E-state index is 0.130. The van der Waals surface area contributed by atoms with Crippen molar-refractivity contribution in [3.63, 3.8) is 0 Å². The van der Waals surface area contributed by atoms with Crippen molar-refractivity contribution < 1.29 is 9.53 Å². The van der Waals surface area contributed by atoms with Crippen molar-refractivity contribution >= 4 is 5.78 Å². The van der Waals surface area contributed by atoms with E-state index in [2.05, 4.69) is 10.00 Å². The topological polar surface area (TPSA) is 47.4 Å². The number of hydrogen-bond donors (Lipinski definition) is 0. The van der Waals surface area contributed by atoms with Crippen molar-refractivity contribution in [1.82, 2.24) is 14.7 Å². The molecule has 1 aliphatic rings. The summed E-state index contributed by atoms with van der Waals surface area (Å²) >= 11 is 0. The Bertz CT molecular complexity index is 342. The van der Waals surface area contributed by atoms with Gasteiger partial charge in [0.25, 0.3) is 0 Å². The fourth-order valence-electron chi connectivity index (χ4n) is 1.62. The van der Waals surface area contributed by atoms with Crippen LogP contribution in [0.1, 0.15) is 10.4 Å². The molecular formula is C10H15N3O2. The molecule has 0 radical (unpaired) electrons. The molecule has 0 spiro atoms. The van der Waals surface area contributed by atoms with E-state index in [0.29, 0.717) is 12.1 Å². The van der Waals surface area contributed by atoms with Crippen LogP contribution in [0.5, 0.6) is 0 Å². The summed E-state index contributed by atoms with van der Waals surface area (Å²) in [6.07, 6.45) is 3.37. The zero-order valence-corrected chi connectivity index (χ0v) is 8.85. The average molecular weight is 209 g/mol. The first-order chi connectivity index (χ1) is 7.25. The molecule has 1 saturated heterocycles. The van der Waals surface area contributed by atoms with E-state index in [4.69, 9.17) is 4.74 Å². The minimum Gasteiger partial charge on any atom is -0.379 e. The first kappa shape index (κ1) is 10.3. The fourth-order valence-corrected chi connectivity index (χ4v) is 1.62. The third-order valence-corrected chi connectivity index (χ3v) is 2.50. The van der Waals surface area contributed by atoms with Crippen molar-refractivity contribution in [2.24, 2.45) is 7.05 Å². The van der Waals surface area contributed by atoms with Gasteiger partial charge in [-0.25, -0.2) is 0 Å². The van der Waals surface area contributed by atoms with Gasteiger partial charge < -0.3 is 4.74 Å². The average Bonchev–Trinajstić information content (AvgIpc) is 2.66. The zero-order valence-electron chi connectivity index (χ0n) is 8.85. The summed E-state index contributed by atoms with van der Waals surface area (Å²) in [6, 6.07) is 0. The summed E-state index contributed by atoms with van der Waals surface area (Å²) in [5.74, 6) is 0.130. The quantitative estimate of drug-likeness (QED) is 0.654. The van der Waals surface area contributed by atoms with Crippen LogP contribution in [-0.4, -0.2) is 53.3 Å². The van der Waals surface area contributed by atoms with Gasteiger partial charge in [-0.15, -0.1) is 0 Å². The molecule has 0 saturated carbocycles. The van der Waals surface area contributed by atoms with E-state index in [1.165, 1.54) is 0 Å². The summed E-state index contributed by atoms with van der Waals surface area (Å²) in [5.41, 5.74) is 0.684. The number of aromatic nitrogens is 2. The lowest BCUT2D eigenvalue weighted by Crippen LogP contribution is -2.39. The molecule has 0 N–H and O–H groups in total. The van der Waals surface area contributed by atoms with Gasteiger partial charge in [-0.2, -0.15) is 5.10 Å². The Hall–Kier alpha value is -1.20. The molecule has 5 nitrogen and oxygen atoms in total. The highest BCUT2D eigenvalue weighted by atomic mass is 16.5. The van der Waals surface area contributed by atoms with Crippen molar-refractivity contribution in [3.05, 3.63) is 18.0 Å². The smallest absolute Gasteiger partial charge is 0.179 e. The van der Waals surface area contributed by atoms with Gasteiger partial charge in [0.2, 0.25) is 0 Å². The van der Waals surface area contributed by atoms with Gasteiger partial charge in [0.1, 0.15) is 0 Å². The lowest BCUT2D eigenvalue weighted by Gasteiger charge is -2.25.